The van der Waals surface area contributed by atoms with E-state index in [1.165, 1.54) is 11.7 Å². The number of hydrogen-bond donors (Lipinski definition) is 0. The van der Waals surface area contributed by atoms with Crippen molar-refractivity contribution in [2.45, 2.75) is 13.8 Å². The summed E-state index contributed by atoms with van der Waals surface area (Å²) in [6, 6.07) is 0. The molecule has 0 unspecified atom stereocenters. The van der Waals surface area contributed by atoms with Crippen LogP contribution in [0.5, 0.6) is 0 Å². The van der Waals surface area contributed by atoms with Crippen LogP contribution in [0, 0.1) is 0 Å². The van der Waals surface area contributed by atoms with Crippen LogP contribution in [0.4, 0.5) is 5.82 Å². The Morgan fingerprint density at radius 1 is 1.50 bits per heavy atom. The second-order valence-corrected chi connectivity index (χ2v) is 2.49. The third-order valence-electron chi connectivity index (χ3n) is 1.44. The van der Waals surface area contributed by atoms with Gasteiger partial charge < -0.3 is 4.90 Å². The highest BCUT2D eigenvalue weighted by molar-refractivity contribution is 6.99. The average Bonchev–Trinajstić information content (AvgIpc) is 2.43. The maximum atomic E-state index is 4.11. The van der Waals surface area contributed by atoms with E-state index in [1.807, 2.05) is 0 Å². The van der Waals surface area contributed by atoms with Crippen molar-refractivity contribution in [3.05, 3.63) is 6.20 Å². The highest BCUT2D eigenvalue weighted by atomic mass is 32.1. The summed E-state index contributed by atoms with van der Waals surface area (Å²) in [6.07, 6.45) is 1.80. The van der Waals surface area contributed by atoms with Gasteiger partial charge in [-0.1, -0.05) is 0 Å². The number of anilines is 1. The molecule has 0 aliphatic heterocycles. The average molecular weight is 157 g/mol. The van der Waals surface area contributed by atoms with Crippen LogP contribution in [0.25, 0.3) is 0 Å². The standard InChI is InChI=1S/C6H11N3S/c1-3-9(4-2)6-5-7-10-8-6/h5H,3-4H2,1-2H3. The zero-order chi connectivity index (χ0) is 7.40. The van der Waals surface area contributed by atoms with Crippen LogP contribution in [0.2, 0.25) is 0 Å². The Balaban J connectivity index is 2.64. The molecule has 3 nitrogen and oxygen atoms in total. The maximum absolute atomic E-state index is 4.11. The predicted molar refractivity (Wildman–Crippen MR) is 43.5 cm³/mol. The first kappa shape index (κ1) is 7.47. The summed E-state index contributed by atoms with van der Waals surface area (Å²) < 4.78 is 8.04. The molecule has 56 valence electrons. The molecule has 0 N–H and O–H groups in total. The zero-order valence-corrected chi connectivity index (χ0v) is 7.06. The minimum absolute atomic E-state index is 0.995. The third kappa shape index (κ3) is 1.44. The second-order valence-electron chi connectivity index (χ2n) is 1.94. The van der Waals surface area contributed by atoms with Crippen LogP contribution in [0.3, 0.4) is 0 Å². The lowest BCUT2D eigenvalue weighted by Crippen LogP contribution is -2.21. The van der Waals surface area contributed by atoms with Gasteiger partial charge in [0.15, 0.2) is 5.82 Å². The molecule has 0 fully saturated rings. The molecule has 0 saturated carbocycles. The molecule has 10 heavy (non-hydrogen) atoms. The number of aromatic nitrogens is 2. The molecule has 0 aliphatic rings. The molecule has 0 amide bonds. The maximum Gasteiger partial charge on any atom is 0.162 e. The summed E-state index contributed by atoms with van der Waals surface area (Å²) in [4.78, 5) is 2.17. The number of rotatable bonds is 3. The highest BCUT2D eigenvalue weighted by Gasteiger charge is 2.02. The molecular formula is C6H11N3S. The summed E-state index contributed by atoms with van der Waals surface area (Å²) in [5.41, 5.74) is 0. The summed E-state index contributed by atoms with van der Waals surface area (Å²) in [5, 5.41) is 0. The zero-order valence-electron chi connectivity index (χ0n) is 6.24. The van der Waals surface area contributed by atoms with Crippen molar-refractivity contribution in [2.75, 3.05) is 18.0 Å². The van der Waals surface area contributed by atoms with Gasteiger partial charge in [0.25, 0.3) is 0 Å². The minimum Gasteiger partial charge on any atom is -0.355 e. The van der Waals surface area contributed by atoms with E-state index in [2.05, 4.69) is 27.5 Å². The summed E-state index contributed by atoms with van der Waals surface area (Å²) in [7, 11) is 0. The van der Waals surface area contributed by atoms with Gasteiger partial charge in [0.2, 0.25) is 0 Å². The molecule has 4 heteroatoms. The van der Waals surface area contributed by atoms with Gasteiger partial charge in [-0.15, -0.1) is 0 Å². The Kier molecular flexibility index (Phi) is 2.62. The normalized spacial score (nSPS) is 9.80. The van der Waals surface area contributed by atoms with Crippen molar-refractivity contribution in [2.24, 2.45) is 0 Å². The molecule has 1 rings (SSSR count). The molecule has 0 atom stereocenters. The molecule has 0 radical (unpaired) electrons. The van der Waals surface area contributed by atoms with Gasteiger partial charge >= 0.3 is 0 Å². The topological polar surface area (TPSA) is 29.0 Å². The van der Waals surface area contributed by atoms with Gasteiger partial charge in [-0.3, -0.25) is 0 Å². The monoisotopic (exact) mass is 157 g/mol. The molecule has 1 aromatic heterocycles. The van der Waals surface area contributed by atoms with Crippen molar-refractivity contribution < 1.29 is 0 Å². The summed E-state index contributed by atoms with van der Waals surface area (Å²) in [5.74, 6) is 0.995. The molecule has 0 aromatic carbocycles. The quantitative estimate of drug-likeness (QED) is 0.664. The molecule has 0 spiro atoms. The second kappa shape index (κ2) is 3.51. The summed E-state index contributed by atoms with van der Waals surface area (Å²) >= 11 is 1.26. The van der Waals surface area contributed by atoms with Crippen molar-refractivity contribution in [1.29, 1.82) is 0 Å². The van der Waals surface area contributed by atoms with Gasteiger partial charge in [0.05, 0.1) is 17.9 Å². The lowest BCUT2D eigenvalue weighted by Gasteiger charge is -2.15. The van der Waals surface area contributed by atoms with Crippen LogP contribution in [-0.2, 0) is 0 Å². The minimum atomic E-state index is 0.995. The van der Waals surface area contributed by atoms with E-state index in [1.54, 1.807) is 6.20 Å². The van der Waals surface area contributed by atoms with E-state index in [-0.39, 0.29) is 0 Å². The Hall–Kier alpha value is -0.640. The molecular weight excluding hydrogens is 146 g/mol. The van der Waals surface area contributed by atoms with Crippen LogP contribution < -0.4 is 4.90 Å². The third-order valence-corrected chi connectivity index (χ3v) is 1.91. The van der Waals surface area contributed by atoms with Crippen LogP contribution in [-0.4, -0.2) is 21.8 Å². The fourth-order valence-corrected chi connectivity index (χ4v) is 1.28. The van der Waals surface area contributed by atoms with Gasteiger partial charge in [0, 0.05) is 13.1 Å². The van der Waals surface area contributed by atoms with E-state index in [0.717, 1.165) is 18.9 Å². The first-order valence-electron chi connectivity index (χ1n) is 3.41. The van der Waals surface area contributed by atoms with Crippen LogP contribution in [0.1, 0.15) is 13.8 Å². The van der Waals surface area contributed by atoms with Gasteiger partial charge in [-0.2, -0.15) is 8.75 Å². The lowest BCUT2D eigenvalue weighted by molar-refractivity contribution is 0.853. The van der Waals surface area contributed by atoms with Crippen molar-refractivity contribution >= 4 is 17.5 Å². The molecule has 0 bridgehead atoms. The van der Waals surface area contributed by atoms with Crippen molar-refractivity contribution in [3.63, 3.8) is 0 Å². The Morgan fingerprint density at radius 3 is 2.60 bits per heavy atom. The highest BCUT2D eigenvalue weighted by Crippen LogP contribution is 2.08. The van der Waals surface area contributed by atoms with Gasteiger partial charge in [-0.05, 0) is 13.8 Å². The number of hydrogen-bond acceptors (Lipinski definition) is 4. The molecule has 1 aromatic rings. The van der Waals surface area contributed by atoms with Gasteiger partial charge in [-0.25, -0.2) is 0 Å². The Labute approximate surface area is 65.0 Å². The van der Waals surface area contributed by atoms with E-state index in [9.17, 15) is 0 Å². The van der Waals surface area contributed by atoms with Gasteiger partial charge in [0.1, 0.15) is 0 Å². The summed E-state index contributed by atoms with van der Waals surface area (Å²) in [6.45, 7) is 6.23. The fourth-order valence-electron chi connectivity index (χ4n) is 0.847. The van der Waals surface area contributed by atoms with Crippen LogP contribution >= 0.6 is 11.7 Å². The van der Waals surface area contributed by atoms with E-state index in [4.69, 9.17) is 0 Å². The molecule has 0 saturated heterocycles. The molecule has 0 aliphatic carbocycles. The van der Waals surface area contributed by atoms with Crippen LogP contribution in [0.15, 0.2) is 6.20 Å². The smallest absolute Gasteiger partial charge is 0.162 e. The Bertz CT molecular complexity index is 169. The van der Waals surface area contributed by atoms with E-state index in [0.29, 0.717) is 0 Å². The fraction of sp³-hybridized carbons (Fsp3) is 0.667. The first-order chi connectivity index (χ1) is 4.88. The SMILES string of the molecule is CCN(CC)c1cnsn1. The van der Waals surface area contributed by atoms with E-state index < -0.39 is 0 Å². The lowest BCUT2D eigenvalue weighted by atomic mass is 10.5. The number of nitrogens with zero attached hydrogens (tertiary/aromatic N) is 3. The van der Waals surface area contributed by atoms with Crippen molar-refractivity contribution in [3.8, 4) is 0 Å². The van der Waals surface area contributed by atoms with Crippen molar-refractivity contribution in [1.82, 2.24) is 8.75 Å². The van der Waals surface area contributed by atoms with E-state index >= 15 is 0 Å². The Morgan fingerprint density at radius 2 is 2.20 bits per heavy atom. The molecule has 1 heterocycles. The predicted octanol–water partition coefficient (Wildman–Crippen LogP) is 1.38. The first-order valence-corrected chi connectivity index (χ1v) is 4.14. The largest absolute Gasteiger partial charge is 0.355 e.